The molecule has 2 atom stereocenters. The summed E-state index contributed by atoms with van der Waals surface area (Å²) in [5, 5.41) is 5.11. The van der Waals surface area contributed by atoms with E-state index in [2.05, 4.69) is 235 Å². The van der Waals surface area contributed by atoms with Gasteiger partial charge in [0.25, 0.3) is 0 Å². The number of benzene rings is 9. The van der Waals surface area contributed by atoms with Crippen LogP contribution in [0.1, 0.15) is 23.1 Å². The van der Waals surface area contributed by atoms with Crippen molar-refractivity contribution in [2.75, 3.05) is 4.90 Å². The molecule has 0 bridgehead atoms. The Labute approximate surface area is 360 Å². The zero-order valence-corrected chi connectivity index (χ0v) is 34.4. The van der Waals surface area contributed by atoms with Crippen LogP contribution in [0.15, 0.2) is 231 Å². The number of allylic oxidation sites excluding steroid dienone is 4. The van der Waals surface area contributed by atoms with Gasteiger partial charge in [-0.1, -0.05) is 170 Å². The van der Waals surface area contributed by atoms with Crippen LogP contribution < -0.4 is 4.90 Å². The summed E-state index contributed by atoms with van der Waals surface area (Å²) in [6, 6.07) is 76.8. The average Bonchev–Trinajstić information content (AvgIpc) is 3.86. The van der Waals surface area contributed by atoms with Gasteiger partial charge >= 0.3 is 0 Å². The first-order valence-electron chi connectivity index (χ1n) is 21.3. The highest BCUT2D eigenvalue weighted by Gasteiger charge is 2.49. The minimum Gasteiger partial charge on any atom is -0.310 e. The number of nitrogens with zero attached hydrogens (tertiary/aromatic N) is 1. The van der Waals surface area contributed by atoms with E-state index in [-0.39, 0.29) is 11.3 Å². The summed E-state index contributed by atoms with van der Waals surface area (Å²) < 4.78 is 2.62. The number of fused-ring (bicyclic) bond motifs is 7. The van der Waals surface area contributed by atoms with Crippen LogP contribution in [0.3, 0.4) is 0 Å². The molecule has 1 heterocycles. The number of hydrogen-bond donors (Lipinski definition) is 0. The summed E-state index contributed by atoms with van der Waals surface area (Å²) in [7, 11) is 0. The molecule has 2 aliphatic carbocycles. The molecule has 1 nitrogen and oxygen atoms in total. The summed E-state index contributed by atoms with van der Waals surface area (Å²) >= 11 is 1.87. The molecule has 1 aromatic heterocycles. The highest BCUT2D eigenvalue weighted by Crippen LogP contribution is 2.59. The van der Waals surface area contributed by atoms with Gasteiger partial charge in [0, 0.05) is 37.2 Å². The van der Waals surface area contributed by atoms with Crippen LogP contribution in [0.2, 0.25) is 0 Å². The van der Waals surface area contributed by atoms with Crippen molar-refractivity contribution < 1.29 is 0 Å². The second-order valence-corrected chi connectivity index (χ2v) is 17.5. The first-order valence-corrected chi connectivity index (χ1v) is 22.1. The summed E-state index contributed by atoms with van der Waals surface area (Å²) in [4.78, 5) is 2.47. The predicted molar refractivity (Wildman–Crippen MR) is 261 cm³/mol. The van der Waals surface area contributed by atoms with Crippen molar-refractivity contribution >= 4 is 59.3 Å². The Morgan fingerprint density at radius 2 is 1.10 bits per heavy atom. The maximum absolute atomic E-state index is 2.51. The van der Waals surface area contributed by atoms with Crippen LogP contribution in [-0.2, 0) is 5.41 Å². The minimum absolute atomic E-state index is 0.254. The molecule has 0 spiro atoms. The van der Waals surface area contributed by atoms with Gasteiger partial charge in [0.1, 0.15) is 0 Å². The lowest BCUT2D eigenvalue weighted by molar-refractivity contribution is 0.457. The standard InChI is InChI=1S/C59H41NS/c1-3-18-46(19-4-1)59(47-20-5-2-6-21-47)55-24-11-9-22-51(55)52-34-32-50(39-56(52)59)60(49-33-35-58-54(38-49)53-23-10-12-25-57(53)61-58)48-30-28-41(29-31-48)43-16-13-17-44(36-43)45-27-26-40-14-7-8-15-42(40)37-45/h1-20,22-39,47H,21H2. The fraction of sp³-hybridized carbons (Fsp3) is 0.0508. The van der Waals surface area contributed by atoms with Crippen molar-refractivity contribution in [1.29, 1.82) is 0 Å². The van der Waals surface area contributed by atoms with E-state index >= 15 is 0 Å². The zero-order valence-electron chi connectivity index (χ0n) is 33.6. The van der Waals surface area contributed by atoms with Gasteiger partial charge in [-0.2, -0.15) is 0 Å². The lowest BCUT2D eigenvalue weighted by atomic mass is 9.62. The van der Waals surface area contributed by atoms with Gasteiger partial charge in [0.05, 0.1) is 5.41 Å². The summed E-state index contributed by atoms with van der Waals surface area (Å²) in [6.45, 7) is 0. The molecule has 0 aliphatic heterocycles. The molecule has 2 heteroatoms. The molecule has 288 valence electrons. The monoisotopic (exact) mass is 795 g/mol. The van der Waals surface area contributed by atoms with Crippen LogP contribution in [-0.4, -0.2) is 0 Å². The maximum Gasteiger partial charge on any atom is 0.0529 e. The lowest BCUT2D eigenvalue weighted by Gasteiger charge is -2.40. The van der Waals surface area contributed by atoms with Crippen LogP contribution in [0.5, 0.6) is 0 Å². The second-order valence-electron chi connectivity index (χ2n) is 16.4. The van der Waals surface area contributed by atoms with E-state index in [0.29, 0.717) is 0 Å². The van der Waals surface area contributed by atoms with E-state index in [1.165, 1.54) is 81.0 Å². The van der Waals surface area contributed by atoms with Crippen molar-refractivity contribution in [2.45, 2.75) is 11.8 Å². The van der Waals surface area contributed by atoms with Gasteiger partial charge in [-0.3, -0.25) is 0 Å². The van der Waals surface area contributed by atoms with Crippen molar-refractivity contribution in [3.8, 4) is 33.4 Å². The van der Waals surface area contributed by atoms with Crippen molar-refractivity contribution in [1.82, 2.24) is 0 Å². The van der Waals surface area contributed by atoms with E-state index in [4.69, 9.17) is 0 Å². The van der Waals surface area contributed by atoms with Gasteiger partial charge < -0.3 is 4.90 Å². The van der Waals surface area contributed by atoms with E-state index in [1.807, 2.05) is 11.3 Å². The lowest BCUT2D eigenvalue weighted by Crippen LogP contribution is -2.35. The molecular formula is C59H41NS. The first kappa shape index (κ1) is 35.7. The Morgan fingerprint density at radius 3 is 1.97 bits per heavy atom. The third-order valence-corrected chi connectivity index (χ3v) is 14.3. The number of rotatable bonds is 7. The van der Waals surface area contributed by atoms with E-state index in [9.17, 15) is 0 Å². The molecule has 12 rings (SSSR count). The normalized spacial score (nSPS) is 16.6. The molecule has 0 saturated heterocycles. The number of hydrogen-bond acceptors (Lipinski definition) is 2. The summed E-state index contributed by atoms with van der Waals surface area (Å²) in [5.74, 6) is 0.254. The molecule has 2 unspecified atom stereocenters. The highest BCUT2D eigenvalue weighted by atomic mass is 32.1. The van der Waals surface area contributed by atoms with Crippen LogP contribution >= 0.6 is 11.3 Å². The number of anilines is 3. The molecule has 0 amide bonds. The third-order valence-electron chi connectivity index (χ3n) is 13.1. The van der Waals surface area contributed by atoms with Gasteiger partial charge in [-0.05, 0) is 134 Å². The Balaban J connectivity index is 1.02. The van der Waals surface area contributed by atoms with Crippen molar-refractivity contribution in [3.05, 3.63) is 247 Å². The molecule has 61 heavy (non-hydrogen) atoms. The van der Waals surface area contributed by atoms with Gasteiger partial charge in [0.2, 0.25) is 0 Å². The molecule has 0 saturated carbocycles. The largest absolute Gasteiger partial charge is 0.310 e. The molecular weight excluding hydrogens is 755 g/mol. The quantitative estimate of drug-likeness (QED) is 0.155. The van der Waals surface area contributed by atoms with E-state index < -0.39 is 0 Å². The van der Waals surface area contributed by atoms with Crippen molar-refractivity contribution in [2.24, 2.45) is 5.92 Å². The Kier molecular flexibility index (Phi) is 8.47. The topological polar surface area (TPSA) is 3.24 Å². The molecule has 2 aliphatic rings. The fourth-order valence-corrected chi connectivity index (χ4v) is 11.4. The van der Waals surface area contributed by atoms with E-state index in [0.717, 1.165) is 23.5 Å². The second kappa shape index (κ2) is 14.5. The number of thiophene rings is 1. The van der Waals surface area contributed by atoms with Gasteiger partial charge in [-0.15, -0.1) is 11.3 Å². The smallest absolute Gasteiger partial charge is 0.0529 e. The molecule has 0 fully saturated rings. The van der Waals surface area contributed by atoms with Crippen LogP contribution in [0.25, 0.3) is 64.3 Å². The predicted octanol–water partition coefficient (Wildman–Crippen LogP) is 16.5. The first-order chi connectivity index (χ1) is 30.2. The molecule has 9 aromatic carbocycles. The third kappa shape index (κ3) is 5.82. The molecule has 10 aromatic rings. The van der Waals surface area contributed by atoms with E-state index in [1.54, 1.807) is 0 Å². The van der Waals surface area contributed by atoms with Crippen LogP contribution in [0.4, 0.5) is 17.1 Å². The van der Waals surface area contributed by atoms with Gasteiger partial charge in [0.15, 0.2) is 0 Å². The minimum atomic E-state index is -0.358. The highest BCUT2D eigenvalue weighted by molar-refractivity contribution is 7.25. The summed E-state index contributed by atoms with van der Waals surface area (Å²) in [5.41, 5.74) is 14.6. The Hall–Kier alpha value is -7.26. The zero-order chi connectivity index (χ0) is 40.3. The Bertz CT molecular complexity index is 3350. The van der Waals surface area contributed by atoms with Crippen LogP contribution in [0, 0.1) is 5.92 Å². The Morgan fingerprint density at radius 1 is 0.426 bits per heavy atom. The summed E-state index contributed by atoms with van der Waals surface area (Å²) in [6.07, 6.45) is 10.2. The average molecular weight is 796 g/mol. The SMILES string of the molecule is C1=CCC(C2(c3ccccc3)c3ccccc3-c3ccc(N(c4ccc(-c5cccc(-c6ccc7ccccc7c6)c5)cc4)c4ccc5sc6ccccc6c5c4)cc32)C=C1. The maximum atomic E-state index is 2.51. The van der Waals surface area contributed by atoms with Gasteiger partial charge in [-0.25, -0.2) is 0 Å². The molecule has 0 radical (unpaired) electrons. The van der Waals surface area contributed by atoms with Crippen molar-refractivity contribution in [3.63, 3.8) is 0 Å². The fourth-order valence-electron chi connectivity index (χ4n) is 10.3. The molecule has 0 N–H and O–H groups in total.